The van der Waals surface area contributed by atoms with Crippen LogP contribution in [0, 0.1) is 11.8 Å². The first kappa shape index (κ1) is 26.1. The zero-order valence-corrected chi connectivity index (χ0v) is 23.8. The molecule has 0 saturated carbocycles. The maximum absolute atomic E-state index is 6.68. The van der Waals surface area contributed by atoms with E-state index < -0.39 is 16.6 Å². The van der Waals surface area contributed by atoms with Crippen molar-refractivity contribution in [1.82, 2.24) is 0 Å². The summed E-state index contributed by atoms with van der Waals surface area (Å²) >= 11 is 0. The second-order valence-electron chi connectivity index (χ2n) is 12.7. The van der Waals surface area contributed by atoms with Crippen LogP contribution in [0.15, 0.2) is 23.3 Å². The first-order valence-electron chi connectivity index (χ1n) is 12.3. The number of hydrogen-bond donors (Lipinski definition) is 0. The molecule has 0 heterocycles. The first-order chi connectivity index (χ1) is 13.7. The Labute approximate surface area is 190 Å². The Balaban J connectivity index is 2.12. The Hall–Kier alpha value is -0.166. The molecule has 0 aromatic heterocycles. The fraction of sp³-hybridized carbons (Fsp3) is 0.846. The fourth-order valence-corrected chi connectivity index (χ4v) is 6.06. The lowest BCUT2D eigenvalue weighted by Crippen LogP contribution is -2.42. The zero-order valence-electron chi connectivity index (χ0n) is 21.8. The van der Waals surface area contributed by atoms with Gasteiger partial charge in [0, 0.05) is 0 Å². The lowest BCUT2D eigenvalue weighted by atomic mass is 9.71. The van der Waals surface area contributed by atoms with E-state index in [0.717, 1.165) is 13.2 Å². The molecule has 0 fully saturated rings. The summed E-state index contributed by atoms with van der Waals surface area (Å²) in [7, 11) is -3.44. The van der Waals surface area contributed by atoms with E-state index in [-0.39, 0.29) is 10.1 Å². The van der Waals surface area contributed by atoms with Gasteiger partial charge >= 0.3 is 0 Å². The topological polar surface area (TPSA) is 18.5 Å². The zero-order chi connectivity index (χ0) is 22.8. The molecule has 0 radical (unpaired) electrons. The summed E-state index contributed by atoms with van der Waals surface area (Å²) < 4.78 is 13.4. The Morgan fingerprint density at radius 3 is 1.33 bits per heavy atom. The summed E-state index contributed by atoms with van der Waals surface area (Å²) in [5, 5.41) is 0.537. The van der Waals surface area contributed by atoms with Crippen molar-refractivity contribution in [3.05, 3.63) is 23.3 Å². The average Bonchev–Trinajstić information content (AvgIpc) is 2.63. The second-order valence-corrected chi connectivity index (χ2v) is 22.3. The molecule has 2 unspecified atom stereocenters. The van der Waals surface area contributed by atoms with Crippen molar-refractivity contribution in [3.8, 4) is 0 Å². The molecule has 30 heavy (non-hydrogen) atoms. The molecule has 174 valence electrons. The highest BCUT2D eigenvalue weighted by molar-refractivity contribution is 6.74. The molecule has 0 aromatic rings. The summed E-state index contributed by atoms with van der Waals surface area (Å²) in [5.74, 6) is 1.30. The average molecular weight is 451 g/mol. The molecule has 0 spiro atoms. The highest BCUT2D eigenvalue weighted by Gasteiger charge is 2.40. The minimum atomic E-state index is -1.72. The van der Waals surface area contributed by atoms with E-state index in [2.05, 4.69) is 79.9 Å². The number of allylic oxidation sites excluding steroid dienone is 2. The van der Waals surface area contributed by atoms with Gasteiger partial charge in [0.05, 0.1) is 13.2 Å². The normalized spacial score (nSPS) is 24.5. The second kappa shape index (κ2) is 9.76. The van der Waals surface area contributed by atoms with Crippen LogP contribution < -0.4 is 0 Å². The molecule has 2 nitrogen and oxygen atoms in total. The molecule has 0 bridgehead atoms. The van der Waals surface area contributed by atoms with E-state index in [9.17, 15) is 0 Å². The monoisotopic (exact) mass is 450 g/mol. The molecule has 0 aromatic carbocycles. The largest absolute Gasteiger partial charge is 0.413 e. The molecule has 2 rings (SSSR count). The fourth-order valence-electron chi connectivity index (χ4n) is 4.14. The Morgan fingerprint density at radius 1 is 0.700 bits per heavy atom. The van der Waals surface area contributed by atoms with E-state index >= 15 is 0 Å². The smallest absolute Gasteiger partial charge is 0.192 e. The summed E-state index contributed by atoms with van der Waals surface area (Å²) in [6.45, 7) is 25.2. The molecule has 0 saturated heterocycles. The van der Waals surface area contributed by atoms with E-state index in [1.54, 1.807) is 11.1 Å². The predicted molar refractivity (Wildman–Crippen MR) is 137 cm³/mol. The molecular formula is C26H50O2Si2. The third-order valence-electron chi connectivity index (χ3n) is 8.50. The first-order valence-corrected chi connectivity index (χ1v) is 18.1. The minimum absolute atomic E-state index is 0.268. The van der Waals surface area contributed by atoms with Crippen LogP contribution in [0.25, 0.3) is 0 Å². The maximum Gasteiger partial charge on any atom is 0.192 e. The van der Waals surface area contributed by atoms with Crippen molar-refractivity contribution in [1.29, 1.82) is 0 Å². The van der Waals surface area contributed by atoms with Crippen LogP contribution in [0.1, 0.15) is 80.1 Å². The van der Waals surface area contributed by atoms with Crippen LogP contribution in [-0.2, 0) is 8.85 Å². The highest BCUT2D eigenvalue weighted by Crippen LogP contribution is 2.43. The number of rotatable bonds is 7. The van der Waals surface area contributed by atoms with Gasteiger partial charge in [-0.2, -0.15) is 0 Å². The Kier molecular flexibility index (Phi) is 8.49. The highest BCUT2D eigenvalue weighted by atomic mass is 28.4. The predicted octanol–water partition coefficient (Wildman–Crippen LogP) is 8.48. The van der Waals surface area contributed by atoms with Gasteiger partial charge in [-0.3, -0.25) is 0 Å². The molecular weight excluding hydrogens is 400 g/mol. The van der Waals surface area contributed by atoms with Crippen LogP contribution in [0.4, 0.5) is 0 Å². The molecule has 2 aliphatic carbocycles. The van der Waals surface area contributed by atoms with Gasteiger partial charge in [0.1, 0.15) is 0 Å². The SMILES string of the molecule is CC(C)(C)[Si](C)(C)OCC1=CCCCC1C1CCCC=C1CO[Si](C)(C)C(C)(C)C. The molecule has 0 amide bonds. The van der Waals surface area contributed by atoms with Crippen molar-refractivity contribution in [2.45, 2.75) is 116 Å². The van der Waals surface area contributed by atoms with E-state index in [1.165, 1.54) is 38.5 Å². The van der Waals surface area contributed by atoms with Crippen molar-refractivity contribution in [2.24, 2.45) is 11.8 Å². The van der Waals surface area contributed by atoms with E-state index in [1.807, 2.05) is 0 Å². The summed E-state index contributed by atoms with van der Waals surface area (Å²) in [6.07, 6.45) is 12.7. The lowest BCUT2D eigenvalue weighted by molar-refractivity contribution is 0.244. The quantitative estimate of drug-likeness (QED) is 0.286. The van der Waals surface area contributed by atoms with E-state index in [4.69, 9.17) is 8.85 Å². The van der Waals surface area contributed by atoms with Gasteiger partial charge in [0.2, 0.25) is 0 Å². The van der Waals surface area contributed by atoms with Crippen molar-refractivity contribution in [2.75, 3.05) is 13.2 Å². The molecule has 2 atom stereocenters. The van der Waals surface area contributed by atoms with Crippen LogP contribution in [-0.4, -0.2) is 29.8 Å². The van der Waals surface area contributed by atoms with Crippen molar-refractivity contribution in [3.63, 3.8) is 0 Å². The minimum Gasteiger partial charge on any atom is -0.413 e. The summed E-state index contributed by atoms with van der Waals surface area (Å²) in [6, 6.07) is 0. The Bertz CT molecular complexity index is 576. The standard InChI is InChI=1S/C26H50O2Si2/c1-25(2,3)29(7,8)27-19-21-15-11-13-17-23(21)24-18-14-12-16-22(24)20-28-30(9,10)26(4,5)6/h15-16,23-24H,11-14,17-20H2,1-10H3. The van der Waals surface area contributed by atoms with Gasteiger partial charge in [0.25, 0.3) is 0 Å². The summed E-state index contributed by atoms with van der Waals surface area (Å²) in [5.41, 5.74) is 3.16. The van der Waals surface area contributed by atoms with Crippen LogP contribution >= 0.6 is 0 Å². The van der Waals surface area contributed by atoms with Gasteiger partial charge < -0.3 is 8.85 Å². The molecule has 2 aliphatic rings. The lowest BCUT2D eigenvalue weighted by Gasteiger charge is -2.41. The van der Waals surface area contributed by atoms with E-state index in [0.29, 0.717) is 11.8 Å². The van der Waals surface area contributed by atoms with Gasteiger partial charge in [-0.1, -0.05) is 53.7 Å². The van der Waals surface area contributed by atoms with Gasteiger partial charge in [0.15, 0.2) is 16.6 Å². The maximum atomic E-state index is 6.68. The summed E-state index contributed by atoms with van der Waals surface area (Å²) in [4.78, 5) is 0. The van der Waals surface area contributed by atoms with Crippen molar-refractivity contribution < 1.29 is 8.85 Å². The molecule has 0 aliphatic heterocycles. The molecule has 0 N–H and O–H groups in total. The van der Waals surface area contributed by atoms with Crippen molar-refractivity contribution >= 4 is 16.6 Å². The third-order valence-corrected chi connectivity index (χ3v) is 17.5. The van der Waals surface area contributed by atoms with Crippen LogP contribution in [0.2, 0.25) is 36.3 Å². The van der Waals surface area contributed by atoms with Crippen LogP contribution in [0.3, 0.4) is 0 Å². The van der Waals surface area contributed by atoms with Crippen LogP contribution in [0.5, 0.6) is 0 Å². The van der Waals surface area contributed by atoms with Gasteiger partial charge in [-0.15, -0.1) is 0 Å². The molecule has 4 heteroatoms. The van der Waals surface area contributed by atoms with Gasteiger partial charge in [-0.25, -0.2) is 0 Å². The van der Waals surface area contributed by atoms with Gasteiger partial charge in [-0.05, 0) is 97.8 Å². The number of hydrogen-bond acceptors (Lipinski definition) is 2. The Morgan fingerprint density at radius 2 is 1.03 bits per heavy atom. The third kappa shape index (κ3) is 6.43.